The minimum absolute atomic E-state index is 0.0685. The van der Waals surface area contributed by atoms with Gasteiger partial charge in [-0.3, -0.25) is 9.48 Å². The summed E-state index contributed by atoms with van der Waals surface area (Å²) in [5.74, 6) is -0.106. The number of nitrogens with zero attached hydrogens (tertiary/aromatic N) is 5. The van der Waals surface area contributed by atoms with Gasteiger partial charge in [-0.25, -0.2) is 19.2 Å². The number of anilines is 1. The van der Waals surface area contributed by atoms with Crippen LogP contribution < -0.4 is 10.2 Å². The average Bonchev–Trinajstić information content (AvgIpc) is 3.47. The van der Waals surface area contributed by atoms with Gasteiger partial charge in [0.25, 0.3) is 0 Å². The topological polar surface area (TPSA) is 102 Å². The Kier molecular flexibility index (Phi) is 7.72. The molecule has 218 valence electrons. The van der Waals surface area contributed by atoms with Gasteiger partial charge in [0.2, 0.25) is 5.78 Å². The Hall–Kier alpha value is -3.47. The molecule has 6 rings (SSSR count). The van der Waals surface area contributed by atoms with Crippen molar-refractivity contribution in [3.8, 4) is 0 Å². The Morgan fingerprint density at radius 2 is 1.86 bits per heavy atom. The summed E-state index contributed by atoms with van der Waals surface area (Å²) >= 11 is 19.4. The van der Waals surface area contributed by atoms with Crippen LogP contribution in [0.1, 0.15) is 46.6 Å². The summed E-state index contributed by atoms with van der Waals surface area (Å²) in [6.45, 7) is 1.80. The number of ether oxygens (including phenoxy) is 1. The van der Waals surface area contributed by atoms with Crippen LogP contribution in [0.3, 0.4) is 0 Å². The van der Waals surface area contributed by atoms with E-state index in [4.69, 9.17) is 39.5 Å². The second-order valence-corrected chi connectivity index (χ2v) is 11.6. The molecule has 1 amide bonds. The van der Waals surface area contributed by atoms with Crippen LogP contribution >= 0.6 is 34.8 Å². The number of aryl methyl sites for hydroxylation is 2. The number of fused-ring (bicyclic) bond motifs is 3. The highest BCUT2D eigenvalue weighted by Crippen LogP contribution is 2.42. The second kappa shape index (κ2) is 11.3. The summed E-state index contributed by atoms with van der Waals surface area (Å²) in [4.78, 5) is 36.9. The third kappa shape index (κ3) is 5.05. The van der Waals surface area contributed by atoms with E-state index in [-0.39, 0.29) is 34.1 Å². The number of carbonyl (C=O) groups excluding carboxylic acids is 2. The molecule has 1 N–H and O–H groups in total. The fourth-order valence-electron chi connectivity index (χ4n) is 5.93. The van der Waals surface area contributed by atoms with E-state index in [9.17, 15) is 9.59 Å². The van der Waals surface area contributed by atoms with Crippen molar-refractivity contribution in [2.45, 2.75) is 57.1 Å². The number of aromatic nitrogens is 4. The van der Waals surface area contributed by atoms with Crippen molar-refractivity contribution in [1.82, 2.24) is 25.1 Å². The smallest absolute Gasteiger partial charge is 0.407 e. The molecule has 4 aromatic rings. The summed E-state index contributed by atoms with van der Waals surface area (Å²) in [7, 11) is 1.68. The Morgan fingerprint density at radius 1 is 1.10 bits per heavy atom. The van der Waals surface area contributed by atoms with Gasteiger partial charge in [-0.1, -0.05) is 65.1 Å². The molecule has 0 spiro atoms. The zero-order valence-corrected chi connectivity index (χ0v) is 24.9. The van der Waals surface area contributed by atoms with Gasteiger partial charge >= 0.3 is 6.09 Å². The van der Waals surface area contributed by atoms with Crippen molar-refractivity contribution in [3.63, 3.8) is 0 Å². The van der Waals surface area contributed by atoms with Gasteiger partial charge in [-0.2, -0.15) is 5.10 Å². The number of carbonyl (C=O) groups is 2. The van der Waals surface area contributed by atoms with Crippen LogP contribution in [-0.2, 0) is 18.4 Å². The van der Waals surface area contributed by atoms with E-state index in [2.05, 4.69) is 20.4 Å². The summed E-state index contributed by atoms with van der Waals surface area (Å²) in [6, 6.07) is 11.1. The van der Waals surface area contributed by atoms with Crippen molar-refractivity contribution in [1.29, 1.82) is 0 Å². The number of piperidine rings is 1. The Labute approximate surface area is 255 Å². The molecule has 4 atom stereocenters. The summed E-state index contributed by atoms with van der Waals surface area (Å²) in [5, 5.41) is 7.76. The molecule has 13 heteroatoms. The number of nitrogens with one attached hydrogen (secondary N) is 1. The third-order valence-electron chi connectivity index (χ3n) is 7.92. The van der Waals surface area contributed by atoms with Crippen LogP contribution in [0.2, 0.25) is 15.3 Å². The molecule has 0 unspecified atom stereocenters. The Morgan fingerprint density at radius 3 is 2.62 bits per heavy atom. The van der Waals surface area contributed by atoms with E-state index in [0.717, 1.165) is 5.56 Å². The maximum Gasteiger partial charge on any atom is 0.407 e. The zero-order chi connectivity index (χ0) is 29.7. The molecule has 2 fully saturated rings. The first-order valence-electron chi connectivity index (χ1n) is 13.4. The molecule has 42 heavy (non-hydrogen) atoms. The normalized spacial score (nSPS) is 21.5. The highest BCUT2D eigenvalue weighted by molar-refractivity contribution is 6.44. The maximum atomic E-state index is 15.8. The van der Waals surface area contributed by atoms with E-state index >= 15 is 4.39 Å². The predicted molar refractivity (Wildman–Crippen MR) is 158 cm³/mol. The van der Waals surface area contributed by atoms with E-state index < -0.39 is 30.1 Å². The van der Waals surface area contributed by atoms with Crippen molar-refractivity contribution < 1.29 is 18.7 Å². The summed E-state index contributed by atoms with van der Waals surface area (Å²) < 4.78 is 22.6. The molecule has 4 heterocycles. The van der Waals surface area contributed by atoms with Gasteiger partial charge in [0.1, 0.15) is 23.6 Å². The Bertz CT molecular complexity index is 1700. The van der Waals surface area contributed by atoms with E-state index in [1.165, 1.54) is 4.68 Å². The van der Waals surface area contributed by atoms with Crippen molar-refractivity contribution >= 4 is 63.4 Å². The minimum atomic E-state index is -1.37. The number of alkyl halides is 1. The van der Waals surface area contributed by atoms with Crippen LogP contribution in [-0.4, -0.2) is 55.9 Å². The largest absolute Gasteiger partial charge is 0.445 e. The zero-order valence-electron chi connectivity index (χ0n) is 22.7. The molecule has 2 aromatic heterocycles. The standard InChI is InChI=1S/C29H26Cl3FN6O3/c1-14-28(36-26(31)24(34-14)25(40)17-9-10-18-21(22(17)30)27(32)38(2)37-18)39-16-8-11-20(39)23(33)19(12-16)35-29(41)42-13-15-6-4-3-5-7-15/h3-7,9-10,16,19-20,23H,8,11-13H2,1-2H3,(H,35,41)/t16-,19-,20+,23-/m0/s1. The van der Waals surface area contributed by atoms with Crippen molar-refractivity contribution in [2.24, 2.45) is 7.05 Å². The fraction of sp³-hybridized carbons (Fsp3) is 0.345. The molecule has 0 radical (unpaired) electrons. The SMILES string of the molecule is Cc1nc(C(=O)c2ccc3nn(C)c(Cl)c3c2Cl)c(Cl)nc1N1[C@H]2CC[C@@H]1[C@@H](F)[C@@H](NC(=O)OCc1ccccc1)C2. The molecule has 2 aliphatic rings. The molecule has 2 aliphatic heterocycles. The lowest BCUT2D eigenvalue weighted by Gasteiger charge is -2.42. The van der Waals surface area contributed by atoms with Gasteiger partial charge in [-0.05, 0) is 43.9 Å². The van der Waals surface area contributed by atoms with Crippen molar-refractivity contribution in [3.05, 3.63) is 80.3 Å². The maximum absolute atomic E-state index is 15.8. The van der Waals surface area contributed by atoms with Gasteiger partial charge < -0.3 is 15.0 Å². The number of hydrogen-bond acceptors (Lipinski definition) is 7. The molecule has 0 saturated carbocycles. The number of ketones is 1. The van der Waals surface area contributed by atoms with Crippen LogP contribution in [0.4, 0.5) is 15.0 Å². The monoisotopic (exact) mass is 630 g/mol. The molecule has 0 aliphatic carbocycles. The summed E-state index contributed by atoms with van der Waals surface area (Å²) in [5.41, 5.74) is 1.91. The van der Waals surface area contributed by atoms with Gasteiger partial charge in [0.05, 0.1) is 33.7 Å². The quantitative estimate of drug-likeness (QED) is 0.252. The lowest BCUT2D eigenvalue weighted by Crippen LogP contribution is -2.58. The molecular formula is C29H26Cl3FN6O3. The highest BCUT2D eigenvalue weighted by Gasteiger charge is 2.49. The third-order valence-corrected chi connectivity index (χ3v) is 9.01. The van der Waals surface area contributed by atoms with E-state index in [1.54, 1.807) is 26.1 Å². The summed E-state index contributed by atoms with van der Waals surface area (Å²) in [6.07, 6.45) is -0.388. The first-order chi connectivity index (χ1) is 20.1. The van der Waals surface area contributed by atoms with E-state index in [0.29, 0.717) is 46.8 Å². The van der Waals surface area contributed by atoms with Crippen LogP contribution in [0.5, 0.6) is 0 Å². The number of halogens is 4. The molecule has 2 saturated heterocycles. The van der Waals surface area contributed by atoms with Gasteiger partial charge in [-0.15, -0.1) is 0 Å². The van der Waals surface area contributed by atoms with Crippen LogP contribution in [0.25, 0.3) is 10.9 Å². The molecular weight excluding hydrogens is 606 g/mol. The van der Waals surface area contributed by atoms with Crippen LogP contribution in [0.15, 0.2) is 42.5 Å². The van der Waals surface area contributed by atoms with Crippen molar-refractivity contribution in [2.75, 3.05) is 4.90 Å². The second-order valence-electron chi connectivity index (χ2n) is 10.5. The molecule has 2 bridgehead atoms. The first kappa shape index (κ1) is 28.6. The number of hydrogen-bond donors (Lipinski definition) is 1. The van der Waals surface area contributed by atoms with Gasteiger partial charge in [0.15, 0.2) is 11.0 Å². The lowest BCUT2D eigenvalue weighted by atomic mass is 9.95. The van der Waals surface area contributed by atoms with Crippen LogP contribution in [0, 0.1) is 6.92 Å². The minimum Gasteiger partial charge on any atom is -0.445 e. The highest BCUT2D eigenvalue weighted by atomic mass is 35.5. The molecule has 2 aromatic carbocycles. The number of rotatable bonds is 6. The van der Waals surface area contributed by atoms with E-state index in [1.807, 2.05) is 35.2 Å². The Balaban J connectivity index is 1.20. The first-order valence-corrected chi connectivity index (χ1v) is 14.6. The van der Waals surface area contributed by atoms with Gasteiger partial charge in [0, 0.05) is 18.7 Å². The number of benzene rings is 2. The fourth-order valence-corrected chi connectivity index (χ4v) is 6.75. The number of amides is 1. The predicted octanol–water partition coefficient (Wildman–Crippen LogP) is 6.24. The lowest BCUT2D eigenvalue weighted by molar-refractivity contribution is 0.103. The molecule has 9 nitrogen and oxygen atoms in total. The average molecular weight is 632 g/mol. The number of alkyl carbamates (subject to hydrolysis) is 1.